The Morgan fingerprint density at radius 3 is 2.62 bits per heavy atom. The molecule has 0 unspecified atom stereocenters. The average Bonchev–Trinajstić information content (AvgIpc) is 3.20. The molecule has 0 aromatic heterocycles. The van der Waals surface area contributed by atoms with Gasteiger partial charge in [0.1, 0.15) is 5.75 Å². The Morgan fingerprint density at radius 2 is 2.10 bits per heavy atom. The number of benzene rings is 1. The molecule has 0 spiro atoms. The van der Waals surface area contributed by atoms with Crippen LogP contribution >= 0.6 is 11.6 Å². The minimum absolute atomic E-state index is 0.0762. The smallest absolute Gasteiger partial charge is 0.258 e. The van der Waals surface area contributed by atoms with Gasteiger partial charge in [0.25, 0.3) is 5.91 Å². The molecule has 1 N–H and O–H groups in total. The molecule has 1 aromatic carbocycles. The van der Waals surface area contributed by atoms with Crippen molar-refractivity contribution in [2.24, 2.45) is 0 Å². The number of hydrogen-bond acceptors (Lipinski definition) is 4. The van der Waals surface area contributed by atoms with Crippen molar-refractivity contribution in [3.63, 3.8) is 0 Å². The summed E-state index contributed by atoms with van der Waals surface area (Å²) in [5, 5.41) is 2.93. The number of hydrogen-bond donors (Lipinski definition) is 1. The molecule has 0 radical (unpaired) electrons. The highest BCUT2D eigenvalue weighted by molar-refractivity contribution is 7.89. The van der Waals surface area contributed by atoms with E-state index in [1.165, 1.54) is 32.3 Å². The van der Waals surface area contributed by atoms with Crippen LogP contribution in [-0.4, -0.2) is 45.4 Å². The number of nitrogens with one attached hydrogen (secondary N) is 1. The Bertz CT molecular complexity index is 642. The third-order valence-electron chi connectivity index (χ3n) is 2.98. The normalized spacial score (nSPS) is 15.0. The first-order chi connectivity index (χ1) is 9.80. The summed E-state index contributed by atoms with van der Waals surface area (Å²) in [4.78, 5) is 11.6. The van der Waals surface area contributed by atoms with Gasteiger partial charge in [0.2, 0.25) is 10.0 Å². The topological polar surface area (TPSA) is 75.7 Å². The number of ether oxygens (including phenoxy) is 1. The number of carbonyl (C=O) groups is 1. The molecule has 1 saturated carbocycles. The largest absolute Gasteiger partial charge is 0.482 e. The Kier molecular flexibility index (Phi) is 4.75. The molecule has 1 fully saturated rings. The Morgan fingerprint density at radius 1 is 1.43 bits per heavy atom. The van der Waals surface area contributed by atoms with Gasteiger partial charge < -0.3 is 10.1 Å². The van der Waals surface area contributed by atoms with Crippen molar-refractivity contribution < 1.29 is 17.9 Å². The van der Waals surface area contributed by atoms with Gasteiger partial charge in [-0.05, 0) is 31.0 Å². The molecule has 0 atom stereocenters. The summed E-state index contributed by atoms with van der Waals surface area (Å²) in [7, 11) is -0.660. The van der Waals surface area contributed by atoms with Gasteiger partial charge in [0.05, 0.1) is 9.92 Å². The van der Waals surface area contributed by atoms with Crippen LogP contribution in [0.2, 0.25) is 5.02 Å². The molecular weight excluding hydrogens is 316 g/mol. The fourth-order valence-electron chi connectivity index (χ4n) is 1.61. The molecule has 1 amide bonds. The Hall–Kier alpha value is -1.31. The second kappa shape index (κ2) is 6.21. The van der Waals surface area contributed by atoms with Gasteiger partial charge in [0, 0.05) is 20.1 Å². The van der Waals surface area contributed by atoms with Gasteiger partial charge in [-0.3, -0.25) is 4.79 Å². The predicted octanol–water partition coefficient (Wildman–Crippen LogP) is 1.25. The monoisotopic (exact) mass is 332 g/mol. The number of sulfonamides is 1. The number of amides is 1. The van der Waals surface area contributed by atoms with Crippen molar-refractivity contribution in [2.75, 3.05) is 20.7 Å². The van der Waals surface area contributed by atoms with Crippen LogP contribution in [-0.2, 0) is 14.8 Å². The molecule has 1 aliphatic carbocycles. The lowest BCUT2D eigenvalue weighted by molar-refractivity contribution is -0.123. The molecule has 116 valence electrons. The highest BCUT2D eigenvalue weighted by atomic mass is 35.5. The summed E-state index contributed by atoms with van der Waals surface area (Å²) in [6, 6.07) is 4.42. The van der Waals surface area contributed by atoms with Gasteiger partial charge >= 0.3 is 0 Å². The first kappa shape index (κ1) is 16.1. The molecule has 21 heavy (non-hydrogen) atoms. The van der Waals surface area contributed by atoms with E-state index in [2.05, 4.69) is 5.32 Å². The third-order valence-corrected chi connectivity index (χ3v) is 5.09. The first-order valence-corrected chi connectivity index (χ1v) is 8.27. The van der Waals surface area contributed by atoms with Crippen LogP contribution in [0, 0.1) is 0 Å². The minimum atomic E-state index is -3.54. The minimum Gasteiger partial charge on any atom is -0.482 e. The summed E-state index contributed by atoms with van der Waals surface area (Å²) >= 11 is 6.00. The van der Waals surface area contributed by atoms with E-state index in [9.17, 15) is 13.2 Å². The number of rotatable bonds is 6. The van der Waals surface area contributed by atoms with Crippen LogP contribution in [0.15, 0.2) is 23.1 Å². The molecule has 0 heterocycles. The summed E-state index contributed by atoms with van der Waals surface area (Å²) in [5.74, 6) is 0.0684. The summed E-state index contributed by atoms with van der Waals surface area (Å²) in [6.07, 6.45) is 2.01. The van der Waals surface area contributed by atoms with Crippen molar-refractivity contribution in [1.82, 2.24) is 9.62 Å². The van der Waals surface area contributed by atoms with Gasteiger partial charge in [-0.1, -0.05) is 11.6 Å². The van der Waals surface area contributed by atoms with Crippen LogP contribution in [0.3, 0.4) is 0 Å². The molecule has 1 aromatic rings. The van der Waals surface area contributed by atoms with Crippen molar-refractivity contribution in [1.29, 1.82) is 0 Å². The van der Waals surface area contributed by atoms with Gasteiger partial charge in [-0.2, -0.15) is 0 Å². The Balaban J connectivity index is 2.03. The van der Waals surface area contributed by atoms with E-state index in [0.717, 1.165) is 17.1 Å². The lowest BCUT2D eigenvalue weighted by Crippen LogP contribution is -2.30. The maximum Gasteiger partial charge on any atom is 0.258 e. The molecule has 0 aliphatic heterocycles. The van der Waals surface area contributed by atoms with Gasteiger partial charge in [-0.15, -0.1) is 0 Å². The summed E-state index contributed by atoms with van der Waals surface area (Å²) < 4.78 is 30.3. The zero-order valence-electron chi connectivity index (χ0n) is 11.8. The van der Waals surface area contributed by atoms with Crippen LogP contribution in [0.4, 0.5) is 0 Å². The van der Waals surface area contributed by atoms with Crippen LogP contribution < -0.4 is 10.1 Å². The van der Waals surface area contributed by atoms with E-state index in [4.69, 9.17) is 16.3 Å². The third kappa shape index (κ3) is 4.09. The van der Waals surface area contributed by atoms with Crippen LogP contribution in [0.25, 0.3) is 0 Å². The second-order valence-electron chi connectivity index (χ2n) is 5.01. The molecule has 6 nitrogen and oxygen atoms in total. The fraction of sp³-hybridized carbons (Fsp3) is 0.462. The molecule has 0 bridgehead atoms. The van der Waals surface area contributed by atoms with E-state index in [1.807, 2.05) is 0 Å². The van der Waals surface area contributed by atoms with Gasteiger partial charge in [0.15, 0.2) is 6.61 Å². The second-order valence-corrected chi connectivity index (χ2v) is 7.57. The zero-order chi connectivity index (χ0) is 15.6. The maximum absolute atomic E-state index is 12.0. The Labute approximate surface area is 129 Å². The number of nitrogens with zero attached hydrogens (tertiary/aromatic N) is 1. The van der Waals surface area contributed by atoms with Crippen molar-refractivity contribution >= 4 is 27.5 Å². The fourth-order valence-corrected chi connectivity index (χ4v) is 2.84. The van der Waals surface area contributed by atoms with Gasteiger partial charge in [-0.25, -0.2) is 12.7 Å². The van der Waals surface area contributed by atoms with E-state index in [-0.39, 0.29) is 34.2 Å². The summed E-state index contributed by atoms with van der Waals surface area (Å²) in [5.41, 5.74) is 0. The van der Waals surface area contributed by atoms with E-state index in [1.54, 1.807) is 0 Å². The lowest BCUT2D eigenvalue weighted by atomic mass is 10.3. The van der Waals surface area contributed by atoms with E-state index in [0.29, 0.717) is 0 Å². The molecule has 1 aliphatic rings. The predicted molar refractivity (Wildman–Crippen MR) is 79.0 cm³/mol. The van der Waals surface area contributed by atoms with Crippen molar-refractivity contribution in [3.05, 3.63) is 23.2 Å². The number of carbonyl (C=O) groups excluding carboxylic acids is 1. The standard InChI is InChI=1S/C13H17ClN2O4S/c1-16(2)21(18,19)10-5-6-12(11(14)7-10)20-8-13(17)15-9-3-4-9/h5-7,9H,3-4,8H2,1-2H3,(H,15,17). The maximum atomic E-state index is 12.0. The molecule has 0 saturated heterocycles. The van der Waals surface area contributed by atoms with Crippen molar-refractivity contribution in [3.8, 4) is 5.75 Å². The van der Waals surface area contributed by atoms with E-state index >= 15 is 0 Å². The quantitative estimate of drug-likeness (QED) is 0.850. The first-order valence-electron chi connectivity index (χ1n) is 6.45. The summed E-state index contributed by atoms with van der Waals surface area (Å²) in [6.45, 7) is -0.143. The molecule has 8 heteroatoms. The van der Waals surface area contributed by atoms with Crippen LogP contribution in [0.5, 0.6) is 5.75 Å². The van der Waals surface area contributed by atoms with Crippen molar-refractivity contribution in [2.45, 2.75) is 23.8 Å². The highest BCUT2D eigenvalue weighted by Gasteiger charge is 2.23. The lowest BCUT2D eigenvalue weighted by Gasteiger charge is -2.13. The SMILES string of the molecule is CN(C)S(=O)(=O)c1ccc(OCC(=O)NC2CC2)c(Cl)c1. The number of halogens is 1. The molecular formula is C13H17ClN2O4S. The highest BCUT2D eigenvalue weighted by Crippen LogP contribution is 2.28. The zero-order valence-corrected chi connectivity index (χ0v) is 13.4. The molecule has 2 rings (SSSR count). The van der Waals surface area contributed by atoms with E-state index < -0.39 is 10.0 Å². The average molecular weight is 333 g/mol. The van der Waals surface area contributed by atoms with Crippen LogP contribution in [0.1, 0.15) is 12.8 Å².